The lowest BCUT2D eigenvalue weighted by Crippen LogP contribution is -2.22. The second-order valence-electron chi connectivity index (χ2n) is 4.52. The molecule has 2 aromatic rings. The lowest BCUT2D eigenvalue weighted by molar-refractivity contribution is 0.560. The summed E-state index contributed by atoms with van der Waals surface area (Å²) in [5.41, 5.74) is 4.41. The highest BCUT2D eigenvalue weighted by Gasteiger charge is 2.17. The zero-order valence-electron chi connectivity index (χ0n) is 11.4. The van der Waals surface area contributed by atoms with Crippen LogP contribution in [-0.4, -0.2) is 19.1 Å². The van der Waals surface area contributed by atoms with Gasteiger partial charge in [-0.2, -0.15) is 0 Å². The molecule has 0 spiro atoms. The van der Waals surface area contributed by atoms with Gasteiger partial charge in [-0.25, -0.2) is 9.37 Å². The highest BCUT2D eigenvalue weighted by molar-refractivity contribution is 7.07. The second-order valence-corrected chi connectivity index (χ2v) is 5.24. The van der Waals surface area contributed by atoms with Gasteiger partial charge >= 0.3 is 0 Å². The average molecular weight is 279 g/mol. The van der Waals surface area contributed by atoms with Crippen LogP contribution in [0.4, 0.5) is 10.1 Å². The molecule has 0 saturated heterocycles. The monoisotopic (exact) mass is 279 g/mol. The Morgan fingerprint density at radius 2 is 2.26 bits per heavy atom. The van der Waals surface area contributed by atoms with E-state index >= 15 is 0 Å². The number of rotatable bonds is 5. The lowest BCUT2D eigenvalue weighted by atomic mass is 10.0. The van der Waals surface area contributed by atoms with Gasteiger partial charge in [-0.05, 0) is 26.1 Å². The summed E-state index contributed by atoms with van der Waals surface area (Å²) in [5, 5.41) is 5.11. The molecule has 1 unspecified atom stereocenters. The van der Waals surface area contributed by atoms with Crippen molar-refractivity contribution in [2.75, 3.05) is 19.0 Å². The summed E-state index contributed by atoms with van der Waals surface area (Å²) in [7, 11) is 3.79. The van der Waals surface area contributed by atoms with E-state index in [4.69, 9.17) is 0 Å². The van der Waals surface area contributed by atoms with E-state index in [-0.39, 0.29) is 11.9 Å². The van der Waals surface area contributed by atoms with Crippen LogP contribution in [0.2, 0.25) is 0 Å². The zero-order valence-corrected chi connectivity index (χ0v) is 12.2. The van der Waals surface area contributed by atoms with Gasteiger partial charge in [0.1, 0.15) is 5.82 Å². The number of anilines is 1. The third-order valence-electron chi connectivity index (χ3n) is 3.19. The Hall–Kier alpha value is -1.46. The number of hydrogen-bond donors (Lipinski definition) is 1. The fourth-order valence-corrected chi connectivity index (χ4v) is 2.62. The van der Waals surface area contributed by atoms with Crippen molar-refractivity contribution >= 4 is 17.0 Å². The predicted octanol–water partition coefficient (Wildman–Crippen LogP) is 3.20. The molecule has 3 nitrogen and oxygen atoms in total. The zero-order chi connectivity index (χ0) is 13.8. The standard InChI is InChI=1S/C14H18FN3S/c1-10(16-2)14-12(15)5-4-6-13(14)18(3)7-11-8-19-9-17-11/h4-6,8-10,16H,7H2,1-3H3. The Morgan fingerprint density at radius 1 is 1.47 bits per heavy atom. The van der Waals surface area contributed by atoms with Crippen LogP contribution in [0.25, 0.3) is 0 Å². The fourth-order valence-electron chi connectivity index (χ4n) is 2.08. The Bertz CT molecular complexity index is 527. The number of aromatic nitrogens is 1. The molecule has 0 radical (unpaired) electrons. The van der Waals surface area contributed by atoms with Crippen LogP contribution in [0.15, 0.2) is 29.1 Å². The first-order valence-corrected chi connectivity index (χ1v) is 7.11. The molecule has 0 aliphatic carbocycles. The van der Waals surface area contributed by atoms with E-state index < -0.39 is 0 Å². The highest BCUT2D eigenvalue weighted by atomic mass is 32.1. The largest absolute Gasteiger partial charge is 0.368 e. The molecular weight excluding hydrogens is 261 g/mol. The van der Waals surface area contributed by atoms with Gasteiger partial charge < -0.3 is 10.2 Å². The Kier molecular flexibility index (Phi) is 4.50. The van der Waals surface area contributed by atoms with Crippen molar-refractivity contribution in [1.29, 1.82) is 0 Å². The summed E-state index contributed by atoms with van der Waals surface area (Å²) in [6.07, 6.45) is 0. The maximum absolute atomic E-state index is 14.0. The Balaban J connectivity index is 2.30. The van der Waals surface area contributed by atoms with Crippen molar-refractivity contribution in [3.8, 4) is 0 Å². The van der Waals surface area contributed by atoms with Crippen molar-refractivity contribution in [2.45, 2.75) is 19.5 Å². The summed E-state index contributed by atoms with van der Waals surface area (Å²) >= 11 is 1.57. The number of hydrogen-bond acceptors (Lipinski definition) is 4. The van der Waals surface area contributed by atoms with E-state index in [1.165, 1.54) is 6.07 Å². The minimum Gasteiger partial charge on any atom is -0.368 e. The molecule has 0 aliphatic heterocycles. The average Bonchev–Trinajstić information content (AvgIpc) is 2.90. The fraction of sp³-hybridized carbons (Fsp3) is 0.357. The summed E-state index contributed by atoms with van der Waals surface area (Å²) in [4.78, 5) is 6.30. The molecule has 1 atom stereocenters. The number of nitrogens with one attached hydrogen (secondary N) is 1. The van der Waals surface area contributed by atoms with Gasteiger partial charge in [-0.1, -0.05) is 6.07 Å². The van der Waals surface area contributed by atoms with Gasteiger partial charge in [-0.15, -0.1) is 11.3 Å². The van der Waals surface area contributed by atoms with Crippen LogP contribution in [0, 0.1) is 5.82 Å². The maximum atomic E-state index is 14.0. The van der Waals surface area contributed by atoms with Crippen molar-refractivity contribution in [3.63, 3.8) is 0 Å². The first-order valence-electron chi connectivity index (χ1n) is 6.17. The van der Waals surface area contributed by atoms with Gasteiger partial charge in [0, 0.05) is 29.7 Å². The van der Waals surface area contributed by atoms with E-state index in [0.717, 1.165) is 11.4 Å². The topological polar surface area (TPSA) is 28.2 Å². The van der Waals surface area contributed by atoms with Gasteiger partial charge in [0.25, 0.3) is 0 Å². The Labute approximate surface area is 117 Å². The predicted molar refractivity (Wildman–Crippen MR) is 78.1 cm³/mol. The van der Waals surface area contributed by atoms with Gasteiger partial charge in [-0.3, -0.25) is 0 Å². The molecule has 1 aromatic carbocycles. The molecule has 0 aliphatic rings. The van der Waals surface area contributed by atoms with Crippen molar-refractivity contribution in [1.82, 2.24) is 10.3 Å². The SMILES string of the molecule is CNC(C)c1c(F)cccc1N(C)Cc1cscn1. The maximum Gasteiger partial charge on any atom is 0.130 e. The van der Waals surface area contributed by atoms with E-state index in [1.54, 1.807) is 17.4 Å². The molecular formula is C14H18FN3S. The first kappa shape index (κ1) is 14.0. The molecule has 0 fully saturated rings. The van der Waals surface area contributed by atoms with Crippen LogP contribution in [0.1, 0.15) is 24.2 Å². The number of nitrogens with zero attached hydrogens (tertiary/aromatic N) is 2. The minimum atomic E-state index is -0.176. The molecule has 0 saturated carbocycles. The molecule has 102 valence electrons. The quantitative estimate of drug-likeness (QED) is 0.911. The summed E-state index contributed by atoms with van der Waals surface area (Å²) in [5.74, 6) is -0.176. The molecule has 19 heavy (non-hydrogen) atoms. The molecule has 0 bridgehead atoms. The van der Waals surface area contributed by atoms with Gasteiger partial charge in [0.05, 0.1) is 17.7 Å². The molecule has 1 heterocycles. The highest BCUT2D eigenvalue weighted by Crippen LogP contribution is 2.29. The summed E-state index contributed by atoms with van der Waals surface area (Å²) < 4.78 is 14.0. The van der Waals surface area contributed by atoms with Crippen molar-refractivity contribution in [3.05, 3.63) is 46.2 Å². The molecule has 1 N–H and O–H groups in total. The normalized spacial score (nSPS) is 12.4. The molecule has 5 heteroatoms. The minimum absolute atomic E-state index is 0.0333. The third kappa shape index (κ3) is 3.11. The van der Waals surface area contributed by atoms with Crippen LogP contribution in [0.5, 0.6) is 0 Å². The van der Waals surface area contributed by atoms with Crippen molar-refractivity contribution < 1.29 is 4.39 Å². The summed E-state index contributed by atoms with van der Waals surface area (Å²) in [6.45, 7) is 2.63. The first-order chi connectivity index (χ1) is 9.13. The molecule has 0 amide bonds. The molecule has 1 aromatic heterocycles. The third-order valence-corrected chi connectivity index (χ3v) is 3.83. The van der Waals surface area contributed by atoms with Crippen LogP contribution in [0.3, 0.4) is 0 Å². The second kappa shape index (κ2) is 6.12. The molecule has 2 rings (SSSR count). The smallest absolute Gasteiger partial charge is 0.130 e. The van der Waals surface area contributed by atoms with E-state index in [1.807, 2.05) is 42.9 Å². The van der Waals surface area contributed by atoms with Crippen molar-refractivity contribution in [2.24, 2.45) is 0 Å². The van der Waals surface area contributed by atoms with E-state index in [0.29, 0.717) is 12.1 Å². The summed E-state index contributed by atoms with van der Waals surface area (Å²) in [6, 6.07) is 5.16. The number of thiazole rings is 1. The van der Waals surface area contributed by atoms with Crippen LogP contribution < -0.4 is 10.2 Å². The van der Waals surface area contributed by atoms with Crippen LogP contribution >= 0.6 is 11.3 Å². The Morgan fingerprint density at radius 3 is 2.89 bits per heavy atom. The van der Waals surface area contributed by atoms with E-state index in [9.17, 15) is 4.39 Å². The van der Waals surface area contributed by atoms with E-state index in [2.05, 4.69) is 10.3 Å². The van der Waals surface area contributed by atoms with Crippen LogP contribution in [-0.2, 0) is 6.54 Å². The lowest BCUT2D eigenvalue weighted by Gasteiger charge is -2.24. The van der Waals surface area contributed by atoms with Gasteiger partial charge in [0.2, 0.25) is 0 Å². The van der Waals surface area contributed by atoms with Gasteiger partial charge in [0.15, 0.2) is 0 Å². The number of halogens is 1. The number of benzene rings is 1.